The summed E-state index contributed by atoms with van der Waals surface area (Å²) in [7, 11) is 1.52. The first-order valence-corrected chi connectivity index (χ1v) is 11.3. The normalized spacial score (nSPS) is 17.8. The molecular formula is C23H20N6O4S. The van der Waals surface area contributed by atoms with Crippen molar-refractivity contribution in [2.75, 3.05) is 7.11 Å². The summed E-state index contributed by atoms with van der Waals surface area (Å²) < 4.78 is 6.94. The van der Waals surface area contributed by atoms with Gasteiger partial charge in [0.2, 0.25) is 0 Å². The molecule has 34 heavy (non-hydrogen) atoms. The van der Waals surface area contributed by atoms with E-state index in [1.807, 2.05) is 29.6 Å². The highest BCUT2D eigenvalue weighted by Crippen LogP contribution is 2.30. The van der Waals surface area contributed by atoms with E-state index in [9.17, 15) is 14.4 Å². The van der Waals surface area contributed by atoms with Gasteiger partial charge in [-0.15, -0.1) is 11.3 Å². The number of fused-ring (bicyclic) bond motifs is 1. The number of imidazole rings is 1. The Labute approximate surface area is 198 Å². The molecule has 10 nitrogen and oxygen atoms in total. The summed E-state index contributed by atoms with van der Waals surface area (Å²) in [5, 5.41) is 5.22. The number of hydrazine groups is 1. The highest BCUT2D eigenvalue weighted by molar-refractivity contribution is 7.07. The second kappa shape index (κ2) is 8.27. The summed E-state index contributed by atoms with van der Waals surface area (Å²) in [6.45, 7) is 1.41. The van der Waals surface area contributed by atoms with E-state index in [1.165, 1.54) is 18.4 Å². The van der Waals surface area contributed by atoms with Crippen LogP contribution in [0.1, 0.15) is 12.5 Å². The molecular weight excluding hydrogens is 456 g/mol. The average Bonchev–Trinajstić information content (AvgIpc) is 3.55. The standard InChI is InChI=1S/C23H20N6O4S/c1-23(14-6-5-7-15(10-14)33-2)21(31)29(22(32)26-23)27-19(30)11-28-18-9-4-3-8-16(18)25-20(28)17-12-34-13-24-17/h3-10,12-13H,11H2,1-2H3,(H,26,32)(H,27,30)/t23-/m1/s1. The number of nitrogens with one attached hydrogen (secondary N) is 2. The number of nitrogens with zero attached hydrogens (tertiary/aromatic N) is 4. The van der Waals surface area contributed by atoms with E-state index in [1.54, 1.807) is 41.3 Å². The molecule has 0 aliphatic carbocycles. The maximum Gasteiger partial charge on any atom is 0.344 e. The summed E-state index contributed by atoms with van der Waals surface area (Å²) in [5.41, 5.74) is 5.39. The molecule has 1 fully saturated rings. The summed E-state index contributed by atoms with van der Waals surface area (Å²) in [6.07, 6.45) is 0. The van der Waals surface area contributed by atoms with Crippen LogP contribution in [0, 0.1) is 0 Å². The van der Waals surface area contributed by atoms with Crippen molar-refractivity contribution >= 4 is 40.2 Å². The fourth-order valence-electron chi connectivity index (χ4n) is 3.93. The Balaban J connectivity index is 1.40. The lowest BCUT2D eigenvalue weighted by atomic mass is 9.92. The summed E-state index contributed by atoms with van der Waals surface area (Å²) in [5.74, 6) is -0.0897. The number of carbonyl (C=O) groups excluding carboxylic acids is 3. The first kappa shape index (κ1) is 21.6. The van der Waals surface area contributed by atoms with Gasteiger partial charge < -0.3 is 14.6 Å². The Morgan fingerprint density at radius 2 is 2.03 bits per heavy atom. The van der Waals surface area contributed by atoms with Crippen molar-refractivity contribution < 1.29 is 19.1 Å². The number of hydrogen-bond donors (Lipinski definition) is 2. The number of imide groups is 1. The Hall–Kier alpha value is -4.25. The summed E-state index contributed by atoms with van der Waals surface area (Å²) in [6, 6.07) is 13.5. The van der Waals surface area contributed by atoms with Gasteiger partial charge in [-0.1, -0.05) is 24.3 Å². The van der Waals surface area contributed by atoms with Gasteiger partial charge in [0.1, 0.15) is 23.5 Å². The zero-order chi connectivity index (χ0) is 23.9. The minimum Gasteiger partial charge on any atom is -0.497 e. The third kappa shape index (κ3) is 3.55. The van der Waals surface area contributed by atoms with E-state index in [2.05, 4.69) is 20.7 Å². The van der Waals surface area contributed by atoms with Crippen molar-refractivity contribution in [3.05, 3.63) is 65.0 Å². The lowest BCUT2D eigenvalue weighted by molar-refractivity contribution is -0.139. The number of ether oxygens (including phenoxy) is 1. The summed E-state index contributed by atoms with van der Waals surface area (Å²) >= 11 is 1.42. The molecule has 2 N–H and O–H groups in total. The predicted octanol–water partition coefficient (Wildman–Crippen LogP) is 2.67. The van der Waals surface area contributed by atoms with E-state index in [0.717, 1.165) is 5.52 Å². The Bertz CT molecular complexity index is 1420. The van der Waals surface area contributed by atoms with Gasteiger partial charge in [-0.2, -0.15) is 5.01 Å². The van der Waals surface area contributed by atoms with Gasteiger partial charge in [-0.3, -0.25) is 15.0 Å². The molecule has 11 heteroatoms. The smallest absolute Gasteiger partial charge is 0.344 e. The van der Waals surface area contributed by atoms with E-state index in [0.29, 0.717) is 33.4 Å². The lowest BCUT2D eigenvalue weighted by Crippen LogP contribution is -2.48. The number of aromatic nitrogens is 3. The van der Waals surface area contributed by atoms with Gasteiger partial charge in [0, 0.05) is 5.38 Å². The van der Waals surface area contributed by atoms with Crippen LogP contribution < -0.4 is 15.5 Å². The maximum atomic E-state index is 13.2. The number of amides is 4. The molecule has 0 saturated carbocycles. The molecule has 0 unspecified atom stereocenters. The van der Waals surface area contributed by atoms with Crippen LogP contribution in [0.5, 0.6) is 5.75 Å². The zero-order valence-electron chi connectivity index (χ0n) is 18.3. The van der Waals surface area contributed by atoms with Crippen LogP contribution >= 0.6 is 11.3 Å². The Morgan fingerprint density at radius 1 is 1.21 bits per heavy atom. The second-order valence-electron chi connectivity index (χ2n) is 7.85. The quantitative estimate of drug-likeness (QED) is 0.413. The molecule has 4 aromatic rings. The molecule has 3 heterocycles. The summed E-state index contributed by atoms with van der Waals surface area (Å²) in [4.78, 5) is 47.8. The number of carbonyl (C=O) groups is 3. The van der Waals surface area contributed by atoms with E-state index in [-0.39, 0.29) is 6.54 Å². The Kier molecular flexibility index (Phi) is 5.25. The molecule has 4 amide bonds. The average molecular weight is 477 g/mol. The van der Waals surface area contributed by atoms with Crippen molar-refractivity contribution in [2.45, 2.75) is 19.0 Å². The molecule has 1 atom stereocenters. The van der Waals surface area contributed by atoms with Crippen LogP contribution in [-0.2, 0) is 21.7 Å². The first-order chi connectivity index (χ1) is 16.4. The van der Waals surface area contributed by atoms with Gasteiger partial charge in [0.15, 0.2) is 5.82 Å². The van der Waals surface area contributed by atoms with Crippen LogP contribution in [0.3, 0.4) is 0 Å². The number of thiazole rings is 1. The number of para-hydroxylation sites is 2. The number of benzene rings is 2. The van der Waals surface area contributed by atoms with Crippen molar-refractivity contribution in [1.29, 1.82) is 0 Å². The van der Waals surface area contributed by atoms with Crippen LogP contribution in [-0.4, -0.2) is 44.5 Å². The number of methoxy groups -OCH3 is 1. The monoisotopic (exact) mass is 476 g/mol. The van der Waals surface area contributed by atoms with Gasteiger partial charge >= 0.3 is 6.03 Å². The van der Waals surface area contributed by atoms with Crippen molar-refractivity contribution in [1.82, 2.24) is 30.3 Å². The molecule has 172 valence electrons. The number of urea groups is 1. The molecule has 2 aromatic heterocycles. The molecule has 1 saturated heterocycles. The predicted molar refractivity (Wildman–Crippen MR) is 125 cm³/mol. The molecule has 2 aromatic carbocycles. The zero-order valence-corrected chi connectivity index (χ0v) is 19.1. The number of hydrogen-bond acceptors (Lipinski definition) is 7. The molecule has 5 rings (SSSR count). The molecule has 0 radical (unpaired) electrons. The van der Waals surface area contributed by atoms with Gasteiger partial charge in [-0.25, -0.2) is 14.8 Å². The largest absolute Gasteiger partial charge is 0.497 e. The third-order valence-corrected chi connectivity index (χ3v) is 6.28. The SMILES string of the molecule is COc1cccc([C@@]2(C)NC(=O)N(NC(=O)Cn3c(-c4cscn4)nc4ccccc43)C2=O)c1. The molecule has 1 aliphatic rings. The van der Waals surface area contributed by atoms with Crippen LogP contribution in [0.2, 0.25) is 0 Å². The van der Waals surface area contributed by atoms with Crippen LogP contribution in [0.4, 0.5) is 4.79 Å². The van der Waals surface area contributed by atoms with Crippen LogP contribution in [0.25, 0.3) is 22.6 Å². The minimum atomic E-state index is -1.35. The molecule has 0 bridgehead atoms. The lowest BCUT2D eigenvalue weighted by Gasteiger charge is -2.22. The van der Waals surface area contributed by atoms with E-state index >= 15 is 0 Å². The third-order valence-electron chi connectivity index (χ3n) is 5.69. The molecule has 0 spiro atoms. The highest BCUT2D eigenvalue weighted by Gasteiger charge is 2.50. The van der Waals surface area contributed by atoms with Crippen molar-refractivity contribution in [2.24, 2.45) is 0 Å². The fourth-order valence-corrected chi connectivity index (χ4v) is 4.46. The first-order valence-electron chi connectivity index (χ1n) is 10.4. The molecule has 1 aliphatic heterocycles. The topological polar surface area (TPSA) is 118 Å². The van der Waals surface area contributed by atoms with Crippen LogP contribution in [0.15, 0.2) is 59.4 Å². The van der Waals surface area contributed by atoms with Gasteiger partial charge in [0.25, 0.3) is 11.8 Å². The van der Waals surface area contributed by atoms with Gasteiger partial charge in [0.05, 0.1) is 23.7 Å². The number of rotatable bonds is 6. The second-order valence-corrected chi connectivity index (χ2v) is 8.57. The fraction of sp³-hybridized carbons (Fsp3) is 0.174. The maximum absolute atomic E-state index is 13.2. The minimum absolute atomic E-state index is 0.166. The van der Waals surface area contributed by atoms with E-state index in [4.69, 9.17) is 4.74 Å². The highest BCUT2D eigenvalue weighted by atomic mass is 32.1. The van der Waals surface area contributed by atoms with Crippen molar-refractivity contribution in [3.63, 3.8) is 0 Å². The van der Waals surface area contributed by atoms with Gasteiger partial charge in [-0.05, 0) is 36.8 Å². The Morgan fingerprint density at radius 3 is 2.79 bits per heavy atom. The van der Waals surface area contributed by atoms with Crippen molar-refractivity contribution in [3.8, 4) is 17.3 Å². The van der Waals surface area contributed by atoms with E-state index < -0.39 is 23.4 Å².